The molecule has 14 heteroatoms. The van der Waals surface area contributed by atoms with Gasteiger partial charge in [-0.3, -0.25) is 33.9 Å². The summed E-state index contributed by atoms with van der Waals surface area (Å²) in [6.45, 7) is 0.563. The average molecular weight is 750 g/mol. The molecule has 0 fully saturated rings. The van der Waals surface area contributed by atoms with Crippen molar-refractivity contribution in [3.63, 3.8) is 0 Å². The quantitative estimate of drug-likeness (QED) is 0.268. The van der Waals surface area contributed by atoms with Crippen molar-refractivity contribution in [1.29, 1.82) is 0 Å². The van der Waals surface area contributed by atoms with E-state index in [9.17, 15) is 24.0 Å². The number of nitrogens with zero attached hydrogens (tertiary/aromatic N) is 4. The lowest BCUT2D eigenvalue weighted by Gasteiger charge is -2.29. The SMILES string of the molecule is CN1CC(=O)NCCCOc2ccccc2C(=O)N[C@H](C(=O)NCCc2cnccn2)CCC(=O)N(C)[C@@H](Cc2ccccc2)COc2ccccc2C1=O. The monoisotopic (exact) mass is 749 g/mol. The zero-order valence-electron chi connectivity index (χ0n) is 31.1. The number of rotatable bonds is 6. The van der Waals surface area contributed by atoms with Crippen molar-refractivity contribution < 1.29 is 33.4 Å². The highest BCUT2D eigenvalue weighted by molar-refractivity contribution is 6.00. The van der Waals surface area contributed by atoms with Gasteiger partial charge in [0.2, 0.25) is 17.7 Å². The first kappa shape index (κ1) is 39.9. The lowest BCUT2D eigenvalue weighted by molar-refractivity contribution is -0.133. The van der Waals surface area contributed by atoms with E-state index < -0.39 is 29.8 Å². The molecule has 5 amide bonds. The third kappa shape index (κ3) is 11.8. The van der Waals surface area contributed by atoms with Crippen LogP contribution in [0.2, 0.25) is 0 Å². The second kappa shape index (κ2) is 20.2. The second-order valence-electron chi connectivity index (χ2n) is 13.2. The number of aromatic nitrogens is 2. The van der Waals surface area contributed by atoms with Crippen molar-refractivity contribution >= 4 is 29.5 Å². The summed E-state index contributed by atoms with van der Waals surface area (Å²) in [6, 6.07) is 21.6. The van der Waals surface area contributed by atoms with Gasteiger partial charge in [0.25, 0.3) is 11.8 Å². The molecular formula is C41H47N7O7. The lowest BCUT2D eigenvalue weighted by atomic mass is 10.0. The van der Waals surface area contributed by atoms with E-state index in [-0.39, 0.29) is 68.6 Å². The maximum absolute atomic E-state index is 13.9. The van der Waals surface area contributed by atoms with Gasteiger partial charge in [0.1, 0.15) is 24.1 Å². The number of nitrogens with one attached hydrogen (secondary N) is 3. The molecule has 1 aliphatic rings. The van der Waals surface area contributed by atoms with Crippen LogP contribution >= 0.6 is 0 Å². The van der Waals surface area contributed by atoms with Crippen LogP contribution in [-0.2, 0) is 27.2 Å². The predicted octanol–water partition coefficient (Wildman–Crippen LogP) is 2.83. The number of carbonyl (C=O) groups excluding carboxylic acids is 5. The molecule has 2 atom stereocenters. The molecule has 3 aromatic carbocycles. The molecular weight excluding hydrogens is 702 g/mol. The highest BCUT2D eigenvalue weighted by Gasteiger charge is 2.28. The third-order valence-electron chi connectivity index (χ3n) is 9.13. The van der Waals surface area contributed by atoms with E-state index in [4.69, 9.17) is 9.47 Å². The number of amides is 5. The minimum absolute atomic E-state index is 0.0111. The van der Waals surface area contributed by atoms with Crippen LogP contribution in [0, 0.1) is 0 Å². The number of carbonyl (C=O) groups is 5. The van der Waals surface area contributed by atoms with Crippen molar-refractivity contribution in [2.24, 2.45) is 0 Å². The molecule has 0 radical (unpaired) electrons. The van der Waals surface area contributed by atoms with Crippen molar-refractivity contribution in [2.45, 2.75) is 44.2 Å². The summed E-state index contributed by atoms with van der Waals surface area (Å²) in [5.41, 5.74) is 2.15. The van der Waals surface area contributed by atoms with E-state index in [0.29, 0.717) is 36.5 Å². The standard InChI is InChI=1S/C41H47N7O7/c1-47-27-37(49)44-20-10-24-54-35-15-8-6-13-32(35)39(51)46-34(40(52)45-21-19-30-26-42-22-23-43-30)17-18-38(50)48(2)31(25-29-11-4-3-5-12-29)28-55-36-16-9-7-14-33(36)41(47)53/h3-9,11-16,22-23,26,31,34H,10,17-21,24-25,27-28H2,1-2H3,(H,44,49)(H,45,52)(H,46,51)/t31-,34-/m0/s1. The number of benzene rings is 3. The Morgan fingerprint density at radius 3 is 2.35 bits per heavy atom. The fourth-order valence-electron chi connectivity index (χ4n) is 6.01. The molecule has 1 aromatic heterocycles. The van der Waals surface area contributed by atoms with Crippen LogP contribution in [0.5, 0.6) is 11.5 Å². The molecule has 1 aliphatic heterocycles. The van der Waals surface area contributed by atoms with Gasteiger partial charge in [-0.2, -0.15) is 0 Å². The summed E-state index contributed by atoms with van der Waals surface area (Å²) in [5.74, 6) is -1.40. The van der Waals surface area contributed by atoms with Gasteiger partial charge in [0, 0.05) is 58.6 Å². The van der Waals surface area contributed by atoms with Crippen LogP contribution in [0.3, 0.4) is 0 Å². The van der Waals surface area contributed by atoms with Crippen LogP contribution in [0.1, 0.15) is 51.2 Å². The molecule has 4 aromatic rings. The van der Waals surface area contributed by atoms with E-state index in [1.165, 1.54) is 4.90 Å². The zero-order chi connectivity index (χ0) is 39.0. The minimum atomic E-state index is -1.06. The number of likely N-dealkylation sites (N-methyl/N-ethyl adjacent to an activating group) is 2. The van der Waals surface area contributed by atoms with Crippen molar-refractivity contribution in [2.75, 3.05) is 46.9 Å². The van der Waals surface area contributed by atoms with E-state index in [2.05, 4.69) is 25.9 Å². The van der Waals surface area contributed by atoms with E-state index >= 15 is 0 Å². The molecule has 3 N–H and O–H groups in total. The molecule has 14 nitrogen and oxygen atoms in total. The molecule has 0 saturated carbocycles. The Bertz CT molecular complexity index is 1910. The van der Waals surface area contributed by atoms with E-state index in [0.717, 1.165) is 5.56 Å². The molecule has 0 bridgehead atoms. The summed E-state index contributed by atoms with van der Waals surface area (Å²) in [5, 5.41) is 8.50. The summed E-state index contributed by atoms with van der Waals surface area (Å²) in [4.78, 5) is 78.7. The molecule has 0 unspecified atom stereocenters. The molecule has 5 rings (SSSR count). The molecule has 55 heavy (non-hydrogen) atoms. The Morgan fingerprint density at radius 2 is 1.60 bits per heavy atom. The van der Waals surface area contributed by atoms with Gasteiger partial charge in [-0.15, -0.1) is 0 Å². The normalized spacial score (nSPS) is 18.1. The molecule has 2 heterocycles. The Morgan fingerprint density at radius 1 is 0.891 bits per heavy atom. The lowest BCUT2D eigenvalue weighted by Crippen LogP contribution is -2.48. The van der Waals surface area contributed by atoms with Crippen LogP contribution in [-0.4, -0.2) is 108 Å². The van der Waals surface area contributed by atoms with E-state index in [1.807, 2.05) is 30.3 Å². The number of ether oxygens (including phenoxy) is 2. The number of para-hydroxylation sites is 2. The van der Waals surface area contributed by atoms with Crippen LogP contribution in [0.4, 0.5) is 0 Å². The summed E-state index contributed by atoms with van der Waals surface area (Å²) in [7, 11) is 3.22. The summed E-state index contributed by atoms with van der Waals surface area (Å²) < 4.78 is 12.2. The summed E-state index contributed by atoms with van der Waals surface area (Å²) in [6.07, 6.45) is 5.98. The maximum atomic E-state index is 13.9. The van der Waals surface area contributed by atoms with E-state index in [1.54, 1.807) is 86.1 Å². The highest BCUT2D eigenvalue weighted by atomic mass is 16.5. The smallest absolute Gasteiger partial charge is 0.257 e. The largest absolute Gasteiger partial charge is 0.493 e. The first-order valence-corrected chi connectivity index (χ1v) is 18.3. The molecule has 0 saturated heterocycles. The topological polar surface area (TPSA) is 172 Å². The Balaban J connectivity index is 1.40. The van der Waals surface area contributed by atoms with Crippen molar-refractivity contribution in [3.05, 3.63) is 120 Å². The second-order valence-corrected chi connectivity index (χ2v) is 13.2. The highest BCUT2D eigenvalue weighted by Crippen LogP contribution is 2.22. The fourth-order valence-corrected chi connectivity index (χ4v) is 6.01. The van der Waals surface area contributed by atoms with Crippen molar-refractivity contribution in [3.8, 4) is 11.5 Å². The molecule has 0 spiro atoms. The Labute approximate surface area is 320 Å². The van der Waals surface area contributed by atoms with Gasteiger partial charge in [0.05, 0.1) is 36.0 Å². The van der Waals surface area contributed by atoms with Gasteiger partial charge >= 0.3 is 0 Å². The van der Waals surface area contributed by atoms with Gasteiger partial charge in [-0.05, 0) is 49.1 Å². The van der Waals surface area contributed by atoms with Crippen LogP contribution in [0.15, 0.2) is 97.5 Å². The predicted molar refractivity (Wildman–Crippen MR) is 204 cm³/mol. The van der Waals surface area contributed by atoms with Gasteiger partial charge in [-0.25, -0.2) is 0 Å². The summed E-state index contributed by atoms with van der Waals surface area (Å²) >= 11 is 0. The molecule has 0 aliphatic carbocycles. The number of hydrogen-bond donors (Lipinski definition) is 3. The number of fused-ring (bicyclic) bond motifs is 2. The maximum Gasteiger partial charge on any atom is 0.257 e. The van der Waals surface area contributed by atoms with Gasteiger partial charge in [0.15, 0.2) is 0 Å². The first-order valence-electron chi connectivity index (χ1n) is 18.3. The van der Waals surface area contributed by atoms with Crippen LogP contribution in [0.25, 0.3) is 0 Å². The molecule has 288 valence electrons. The fraction of sp³-hybridized carbons (Fsp3) is 0.341. The Kier molecular flexibility index (Phi) is 14.7. The average Bonchev–Trinajstić information content (AvgIpc) is 3.20. The first-order chi connectivity index (χ1) is 26.7. The third-order valence-corrected chi connectivity index (χ3v) is 9.13. The van der Waals surface area contributed by atoms with Crippen molar-refractivity contribution in [1.82, 2.24) is 35.7 Å². The number of hydrogen-bond acceptors (Lipinski definition) is 9. The Hall–Kier alpha value is -6.31. The van der Waals surface area contributed by atoms with Gasteiger partial charge in [-0.1, -0.05) is 54.6 Å². The van der Waals surface area contributed by atoms with Crippen LogP contribution < -0.4 is 25.4 Å². The minimum Gasteiger partial charge on any atom is -0.493 e. The van der Waals surface area contributed by atoms with Gasteiger partial charge < -0.3 is 35.2 Å². The zero-order valence-corrected chi connectivity index (χ0v) is 31.1.